The highest BCUT2D eigenvalue weighted by Gasteiger charge is 2.31. The zero-order valence-corrected chi connectivity index (χ0v) is 19.0. The fourth-order valence-corrected chi connectivity index (χ4v) is 5.43. The number of nitrogens with one attached hydrogen (secondary N) is 1. The molecule has 8 heteroatoms. The monoisotopic (exact) mass is 449 g/mol. The normalized spacial score (nSPS) is 17.9. The van der Waals surface area contributed by atoms with Crippen molar-refractivity contribution in [1.82, 2.24) is 19.7 Å². The number of aromatic nitrogens is 3. The number of hydrogen-bond acceptors (Lipinski definition) is 5. The molecular weight excluding hydrogens is 422 g/mol. The lowest BCUT2D eigenvalue weighted by Crippen LogP contribution is -2.40. The highest BCUT2D eigenvalue weighted by Crippen LogP contribution is 2.31. The summed E-state index contributed by atoms with van der Waals surface area (Å²) in [6, 6.07) is 9.39. The van der Waals surface area contributed by atoms with E-state index in [-0.39, 0.29) is 17.7 Å². The van der Waals surface area contributed by atoms with Gasteiger partial charge in [0.1, 0.15) is 16.6 Å². The first-order chi connectivity index (χ1) is 15.6. The number of anilines is 1. The molecule has 0 radical (unpaired) electrons. The molecule has 0 bridgehead atoms. The number of rotatable bonds is 5. The van der Waals surface area contributed by atoms with Gasteiger partial charge in [-0.05, 0) is 54.8 Å². The molecule has 2 aliphatic rings. The van der Waals surface area contributed by atoms with Crippen molar-refractivity contribution in [3.05, 3.63) is 64.1 Å². The van der Waals surface area contributed by atoms with Crippen molar-refractivity contribution in [2.45, 2.75) is 51.5 Å². The lowest BCUT2D eigenvalue weighted by molar-refractivity contribution is 0.0704. The van der Waals surface area contributed by atoms with Crippen LogP contribution in [0.2, 0.25) is 0 Å². The quantitative estimate of drug-likeness (QED) is 0.635. The van der Waals surface area contributed by atoms with E-state index in [1.165, 1.54) is 16.9 Å². The predicted molar refractivity (Wildman–Crippen MR) is 124 cm³/mol. The Morgan fingerprint density at radius 1 is 1.12 bits per heavy atom. The van der Waals surface area contributed by atoms with E-state index < -0.39 is 0 Å². The standard InChI is InChI=1S/C24H27N5O2S/c1-2-16-7-9-17(10-8-16)22(30)25-23-19(11-14-32-23)24(31)28-12-3-5-18(15-28)21-27-26-20-6-4-13-29(20)21/h7-11,14,18H,2-6,12-13,15H2,1H3,(H,25,30). The molecule has 166 valence electrons. The third-order valence-electron chi connectivity index (χ3n) is 6.46. The number of benzene rings is 1. The van der Waals surface area contributed by atoms with Gasteiger partial charge in [0.05, 0.1) is 5.56 Å². The Balaban J connectivity index is 1.29. The summed E-state index contributed by atoms with van der Waals surface area (Å²) in [5.41, 5.74) is 2.33. The molecule has 1 aromatic carbocycles. The van der Waals surface area contributed by atoms with Gasteiger partial charge in [0.2, 0.25) is 0 Å². The average molecular weight is 450 g/mol. The van der Waals surface area contributed by atoms with E-state index in [0.29, 0.717) is 22.7 Å². The smallest absolute Gasteiger partial charge is 0.256 e. The van der Waals surface area contributed by atoms with E-state index in [9.17, 15) is 9.59 Å². The molecule has 1 atom stereocenters. The fraction of sp³-hybridized carbons (Fsp3) is 0.417. The van der Waals surface area contributed by atoms with E-state index in [2.05, 4.69) is 27.0 Å². The van der Waals surface area contributed by atoms with Crippen LogP contribution in [0, 0.1) is 0 Å². The number of thiophene rings is 1. The van der Waals surface area contributed by atoms with Gasteiger partial charge in [0.25, 0.3) is 11.8 Å². The summed E-state index contributed by atoms with van der Waals surface area (Å²) >= 11 is 1.38. The van der Waals surface area contributed by atoms with Crippen LogP contribution in [-0.4, -0.2) is 44.6 Å². The van der Waals surface area contributed by atoms with Crippen molar-refractivity contribution < 1.29 is 9.59 Å². The van der Waals surface area contributed by atoms with Crippen LogP contribution in [0.3, 0.4) is 0 Å². The summed E-state index contributed by atoms with van der Waals surface area (Å²) in [5, 5.41) is 14.2. The maximum Gasteiger partial charge on any atom is 0.256 e. The lowest BCUT2D eigenvalue weighted by Gasteiger charge is -2.32. The number of carbonyl (C=O) groups is 2. The van der Waals surface area contributed by atoms with Crippen LogP contribution >= 0.6 is 11.3 Å². The SMILES string of the molecule is CCc1ccc(C(=O)Nc2sccc2C(=O)N2CCCC(c3nnc4n3CCC4)C2)cc1. The van der Waals surface area contributed by atoms with Gasteiger partial charge in [-0.1, -0.05) is 19.1 Å². The Bertz CT molecular complexity index is 1130. The predicted octanol–water partition coefficient (Wildman–Crippen LogP) is 4.12. The summed E-state index contributed by atoms with van der Waals surface area (Å²) < 4.78 is 2.23. The van der Waals surface area contributed by atoms with Crippen LogP contribution in [-0.2, 0) is 19.4 Å². The highest BCUT2D eigenvalue weighted by atomic mass is 32.1. The van der Waals surface area contributed by atoms with Gasteiger partial charge < -0.3 is 14.8 Å². The molecule has 0 aliphatic carbocycles. The van der Waals surface area contributed by atoms with Gasteiger partial charge in [-0.15, -0.1) is 21.5 Å². The maximum absolute atomic E-state index is 13.4. The minimum absolute atomic E-state index is 0.0336. The molecule has 1 unspecified atom stereocenters. The Labute approximate surface area is 191 Å². The van der Waals surface area contributed by atoms with Crippen molar-refractivity contribution in [3.63, 3.8) is 0 Å². The third-order valence-corrected chi connectivity index (χ3v) is 7.29. The highest BCUT2D eigenvalue weighted by molar-refractivity contribution is 7.14. The number of carbonyl (C=O) groups excluding carboxylic acids is 2. The average Bonchev–Trinajstić information content (AvgIpc) is 3.56. The molecule has 0 spiro atoms. The molecule has 2 amide bonds. The molecule has 1 N–H and O–H groups in total. The summed E-state index contributed by atoms with van der Waals surface area (Å²) in [7, 11) is 0. The van der Waals surface area contributed by atoms with Crippen molar-refractivity contribution in [2.75, 3.05) is 18.4 Å². The van der Waals surface area contributed by atoms with Gasteiger partial charge in [0.15, 0.2) is 0 Å². The van der Waals surface area contributed by atoms with E-state index in [4.69, 9.17) is 0 Å². The summed E-state index contributed by atoms with van der Waals surface area (Å²) in [6.07, 6.45) is 4.99. The van der Waals surface area contributed by atoms with Crippen LogP contribution in [0.15, 0.2) is 35.7 Å². The van der Waals surface area contributed by atoms with Crippen molar-refractivity contribution in [1.29, 1.82) is 0 Å². The molecular formula is C24H27N5O2S. The van der Waals surface area contributed by atoms with Gasteiger partial charge in [0, 0.05) is 37.5 Å². The van der Waals surface area contributed by atoms with Crippen LogP contribution in [0.5, 0.6) is 0 Å². The molecule has 2 aliphatic heterocycles. The number of aryl methyl sites for hydroxylation is 2. The van der Waals surface area contributed by atoms with E-state index in [1.54, 1.807) is 6.07 Å². The third kappa shape index (κ3) is 3.95. The Hall–Kier alpha value is -3.00. The van der Waals surface area contributed by atoms with Crippen molar-refractivity contribution >= 4 is 28.2 Å². The maximum atomic E-state index is 13.4. The minimum atomic E-state index is -0.195. The number of piperidine rings is 1. The first kappa shape index (κ1) is 20.9. The fourth-order valence-electron chi connectivity index (χ4n) is 4.66. The minimum Gasteiger partial charge on any atom is -0.338 e. The van der Waals surface area contributed by atoms with Gasteiger partial charge in [-0.2, -0.15) is 0 Å². The van der Waals surface area contributed by atoms with Gasteiger partial charge >= 0.3 is 0 Å². The molecule has 32 heavy (non-hydrogen) atoms. The second-order valence-corrected chi connectivity index (χ2v) is 9.40. The Kier molecular flexibility index (Phi) is 5.78. The molecule has 1 saturated heterocycles. The van der Waals surface area contributed by atoms with Gasteiger partial charge in [-0.25, -0.2) is 0 Å². The Morgan fingerprint density at radius 3 is 2.78 bits per heavy atom. The molecule has 1 fully saturated rings. The lowest BCUT2D eigenvalue weighted by atomic mass is 9.96. The number of hydrogen-bond donors (Lipinski definition) is 1. The number of nitrogens with zero attached hydrogens (tertiary/aromatic N) is 4. The van der Waals surface area contributed by atoms with E-state index in [1.807, 2.05) is 34.5 Å². The van der Waals surface area contributed by atoms with Crippen molar-refractivity contribution in [2.24, 2.45) is 0 Å². The van der Waals surface area contributed by atoms with E-state index >= 15 is 0 Å². The molecule has 2 aromatic heterocycles. The van der Waals surface area contributed by atoms with Gasteiger partial charge in [-0.3, -0.25) is 9.59 Å². The van der Waals surface area contributed by atoms with Crippen LogP contribution in [0.4, 0.5) is 5.00 Å². The zero-order chi connectivity index (χ0) is 22.1. The zero-order valence-electron chi connectivity index (χ0n) is 18.2. The summed E-state index contributed by atoms with van der Waals surface area (Å²) in [4.78, 5) is 28.0. The number of fused-ring (bicyclic) bond motifs is 1. The second-order valence-electron chi connectivity index (χ2n) is 8.49. The van der Waals surface area contributed by atoms with Crippen LogP contribution in [0.25, 0.3) is 0 Å². The second kappa shape index (κ2) is 8.86. The first-order valence-electron chi connectivity index (χ1n) is 11.3. The number of likely N-dealkylation sites (tertiary alicyclic amines) is 1. The molecule has 0 saturated carbocycles. The first-order valence-corrected chi connectivity index (χ1v) is 12.2. The largest absolute Gasteiger partial charge is 0.338 e. The molecule has 5 rings (SSSR count). The molecule has 3 aromatic rings. The molecule has 7 nitrogen and oxygen atoms in total. The Morgan fingerprint density at radius 2 is 1.97 bits per heavy atom. The summed E-state index contributed by atoms with van der Waals surface area (Å²) in [5.74, 6) is 2.07. The molecule has 4 heterocycles. The van der Waals surface area contributed by atoms with Crippen LogP contribution in [0.1, 0.15) is 70.0 Å². The van der Waals surface area contributed by atoms with E-state index in [0.717, 1.165) is 56.8 Å². The van der Waals surface area contributed by atoms with Crippen molar-refractivity contribution in [3.8, 4) is 0 Å². The summed E-state index contributed by atoms with van der Waals surface area (Å²) in [6.45, 7) is 4.42. The number of amides is 2. The topological polar surface area (TPSA) is 80.1 Å². The van der Waals surface area contributed by atoms with Crippen LogP contribution < -0.4 is 5.32 Å².